The molecule has 3 heterocycles. The van der Waals surface area contributed by atoms with Crippen molar-refractivity contribution in [3.8, 4) is 11.3 Å². The van der Waals surface area contributed by atoms with Crippen molar-refractivity contribution in [1.29, 1.82) is 0 Å². The van der Waals surface area contributed by atoms with E-state index in [4.69, 9.17) is 11.6 Å². The third kappa shape index (κ3) is 5.33. The maximum absolute atomic E-state index is 12.8. The molecule has 0 unspecified atom stereocenters. The molecule has 7 nitrogen and oxygen atoms in total. The Kier molecular flexibility index (Phi) is 6.37. The zero-order valence-electron chi connectivity index (χ0n) is 17.3. The monoisotopic (exact) mass is 477 g/mol. The SMILES string of the molecule is O=C(Cn1nc(-c2ccc(Cl)cc2)ccc1=O)N1CCN(c2ccc(C(F)(F)F)cn2)CC1. The molecule has 4 rings (SSSR count). The van der Waals surface area contributed by atoms with Crippen molar-refractivity contribution in [2.45, 2.75) is 12.7 Å². The van der Waals surface area contributed by atoms with Crippen molar-refractivity contribution in [3.63, 3.8) is 0 Å². The molecule has 1 aromatic carbocycles. The van der Waals surface area contributed by atoms with Crippen LogP contribution in [0, 0.1) is 0 Å². The molecule has 0 radical (unpaired) electrons. The maximum Gasteiger partial charge on any atom is 0.417 e. The molecule has 0 spiro atoms. The lowest BCUT2D eigenvalue weighted by Gasteiger charge is -2.35. The van der Waals surface area contributed by atoms with Gasteiger partial charge in [-0.15, -0.1) is 0 Å². The number of carbonyl (C=O) groups excluding carboxylic acids is 1. The Morgan fingerprint density at radius 2 is 1.67 bits per heavy atom. The second kappa shape index (κ2) is 9.22. The summed E-state index contributed by atoms with van der Waals surface area (Å²) in [7, 11) is 0. The smallest absolute Gasteiger partial charge is 0.353 e. The number of piperazine rings is 1. The first kappa shape index (κ1) is 22.8. The van der Waals surface area contributed by atoms with Gasteiger partial charge < -0.3 is 9.80 Å². The van der Waals surface area contributed by atoms with Crippen LogP contribution in [0.15, 0.2) is 59.5 Å². The summed E-state index contributed by atoms with van der Waals surface area (Å²) in [6.45, 7) is 1.33. The van der Waals surface area contributed by atoms with Crippen molar-refractivity contribution in [1.82, 2.24) is 19.7 Å². The molecular weight excluding hydrogens is 459 g/mol. The number of alkyl halides is 3. The molecule has 0 atom stereocenters. The molecule has 0 bridgehead atoms. The number of hydrogen-bond donors (Lipinski definition) is 0. The lowest BCUT2D eigenvalue weighted by molar-refractivity contribution is -0.138. The van der Waals surface area contributed by atoms with Gasteiger partial charge in [0.1, 0.15) is 12.4 Å². The maximum atomic E-state index is 12.8. The minimum Gasteiger partial charge on any atom is -0.353 e. The average molecular weight is 478 g/mol. The van der Waals surface area contributed by atoms with E-state index in [0.29, 0.717) is 42.7 Å². The Balaban J connectivity index is 1.39. The molecule has 1 aliphatic rings. The molecule has 0 aliphatic carbocycles. The first-order valence-electron chi connectivity index (χ1n) is 10.1. The quantitative estimate of drug-likeness (QED) is 0.576. The number of amides is 1. The molecule has 0 saturated carbocycles. The van der Waals surface area contributed by atoms with Crippen LogP contribution >= 0.6 is 11.6 Å². The summed E-state index contributed by atoms with van der Waals surface area (Å²) in [5, 5.41) is 4.88. The summed E-state index contributed by atoms with van der Waals surface area (Å²) in [6, 6.07) is 12.2. The Morgan fingerprint density at radius 3 is 2.27 bits per heavy atom. The van der Waals surface area contributed by atoms with Crippen molar-refractivity contribution in [3.05, 3.63) is 75.7 Å². The summed E-state index contributed by atoms with van der Waals surface area (Å²) in [5.41, 5.74) is 0.100. The number of nitrogens with zero attached hydrogens (tertiary/aromatic N) is 5. The van der Waals surface area contributed by atoms with Gasteiger partial charge in [-0.3, -0.25) is 9.59 Å². The largest absolute Gasteiger partial charge is 0.417 e. The highest BCUT2D eigenvalue weighted by Crippen LogP contribution is 2.29. The molecule has 33 heavy (non-hydrogen) atoms. The lowest BCUT2D eigenvalue weighted by atomic mass is 10.1. The number of halogens is 4. The molecular formula is C22H19ClF3N5O2. The number of pyridine rings is 1. The van der Waals surface area contributed by atoms with Crippen LogP contribution in [0.1, 0.15) is 5.56 Å². The van der Waals surface area contributed by atoms with Crippen LogP contribution in [0.5, 0.6) is 0 Å². The summed E-state index contributed by atoms with van der Waals surface area (Å²) < 4.78 is 39.3. The minimum absolute atomic E-state index is 0.210. The second-order valence-electron chi connectivity index (χ2n) is 7.49. The van der Waals surface area contributed by atoms with Crippen LogP contribution in [-0.2, 0) is 17.5 Å². The molecule has 172 valence electrons. The topological polar surface area (TPSA) is 71.3 Å². The van der Waals surface area contributed by atoms with Gasteiger partial charge in [0, 0.05) is 49.0 Å². The molecule has 3 aromatic rings. The highest BCUT2D eigenvalue weighted by Gasteiger charge is 2.31. The number of aromatic nitrogens is 3. The third-order valence-electron chi connectivity index (χ3n) is 5.32. The standard InChI is InChI=1S/C22H19ClF3N5O2/c23-17-4-1-15(2-5-17)18-6-8-20(32)31(28-18)14-21(33)30-11-9-29(10-12-30)19-7-3-16(13-27-19)22(24,25)26/h1-8,13H,9-12,14H2. The van der Waals surface area contributed by atoms with E-state index in [2.05, 4.69) is 10.1 Å². The number of carbonyl (C=O) groups is 1. The van der Waals surface area contributed by atoms with Crippen LogP contribution in [0.4, 0.5) is 19.0 Å². The van der Waals surface area contributed by atoms with Crippen molar-refractivity contribution >= 4 is 23.3 Å². The van der Waals surface area contributed by atoms with Crippen LogP contribution in [-0.4, -0.2) is 51.8 Å². The lowest BCUT2D eigenvalue weighted by Crippen LogP contribution is -2.50. The number of hydrogen-bond acceptors (Lipinski definition) is 5. The van der Waals surface area contributed by atoms with E-state index in [1.807, 2.05) is 4.90 Å². The number of benzene rings is 1. The summed E-state index contributed by atoms with van der Waals surface area (Å²) in [6.07, 6.45) is -3.63. The fourth-order valence-electron chi connectivity index (χ4n) is 3.49. The van der Waals surface area contributed by atoms with Gasteiger partial charge in [-0.2, -0.15) is 18.3 Å². The highest BCUT2D eigenvalue weighted by molar-refractivity contribution is 6.30. The predicted octanol–water partition coefficient (Wildman–Crippen LogP) is 3.33. The summed E-state index contributed by atoms with van der Waals surface area (Å²) >= 11 is 5.91. The van der Waals surface area contributed by atoms with Crippen LogP contribution < -0.4 is 10.5 Å². The van der Waals surface area contributed by atoms with Crippen LogP contribution in [0.3, 0.4) is 0 Å². The molecule has 1 fully saturated rings. The molecule has 2 aromatic heterocycles. The average Bonchev–Trinajstić information content (AvgIpc) is 2.81. The van der Waals surface area contributed by atoms with E-state index in [9.17, 15) is 22.8 Å². The van der Waals surface area contributed by atoms with E-state index in [1.54, 1.807) is 35.2 Å². The summed E-state index contributed by atoms with van der Waals surface area (Å²) in [5.74, 6) is 0.154. The van der Waals surface area contributed by atoms with Gasteiger partial charge in [-0.25, -0.2) is 9.67 Å². The Morgan fingerprint density at radius 1 is 0.970 bits per heavy atom. The fourth-order valence-corrected chi connectivity index (χ4v) is 3.62. The second-order valence-corrected chi connectivity index (χ2v) is 7.93. The first-order chi connectivity index (χ1) is 15.7. The zero-order valence-corrected chi connectivity index (χ0v) is 18.1. The number of anilines is 1. The van der Waals surface area contributed by atoms with E-state index < -0.39 is 17.3 Å². The van der Waals surface area contributed by atoms with Gasteiger partial charge >= 0.3 is 6.18 Å². The van der Waals surface area contributed by atoms with Crippen LogP contribution in [0.25, 0.3) is 11.3 Å². The Hall–Kier alpha value is -3.40. The fraction of sp³-hybridized carbons (Fsp3) is 0.273. The predicted molar refractivity (Wildman–Crippen MR) is 117 cm³/mol. The summed E-state index contributed by atoms with van der Waals surface area (Å²) in [4.78, 5) is 32.3. The van der Waals surface area contributed by atoms with Gasteiger partial charge in [-0.1, -0.05) is 23.7 Å². The third-order valence-corrected chi connectivity index (χ3v) is 5.58. The van der Waals surface area contributed by atoms with Gasteiger partial charge in [-0.05, 0) is 30.3 Å². The molecule has 1 amide bonds. The number of rotatable bonds is 4. The van der Waals surface area contributed by atoms with E-state index in [0.717, 1.165) is 22.5 Å². The zero-order chi connectivity index (χ0) is 23.6. The Labute approximate surface area is 192 Å². The minimum atomic E-state index is -4.44. The molecule has 1 saturated heterocycles. The van der Waals surface area contributed by atoms with Gasteiger partial charge in [0.2, 0.25) is 5.91 Å². The van der Waals surface area contributed by atoms with Crippen molar-refractivity contribution in [2.75, 3.05) is 31.1 Å². The van der Waals surface area contributed by atoms with Crippen molar-refractivity contribution in [2.24, 2.45) is 0 Å². The Bertz CT molecular complexity index is 1190. The van der Waals surface area contributed by atoms with E-state index in [1.165, 1.54) is 12.1 Å². The molecule has 11 heteroatoms. The molecule has 0 N–H and O–H groups in total. The first-order valence-corrected chi connectivity index (χ1v) is 10.5. The molecule has 1 aliphatic heterocycles. The van der Waals surface area contributed by atoms with Crippen LogP contribution in [0.2, 0.25) is 5.02 Å². The van der Waals surface area contributed by atoms with E-state index in [-0.39, 0.29) is 12.5 Å². The van der Waals surface area contributed by atoms with Gasteiger partial charge in [0.25, 0.3) is 5.56 Å². The van der Waals surface area contributed by atoms with E-state index >= 15 is 0 Å². The van der Waals surface area contributed by atoms with Gasteiger partial charge in [0.05, 0.1) is 11.3 Å². The van der Waals surface area contributed by atoms with Gasteiger partial charge in [0.15, 0.2) is 0 Å². The normalized spacial score (nSPS) is 14.4. The van der Waals surface area contributed by atoms with Crippen molar-refractivity contribution < 1.29 is 18.0 Å². The highest BCUT2D eigenvalue weighted by atomic mass is 35.5.